The van der Waals surface area contributed by atoms with Crippen LogP contribution in [-0.2, 0) is 4.79 Å². The van der Waals surface area contributed by atoms with Gasteiger partial charge in [-0.15, -0.1) is 11.3 Å². The van der Waals surface area contributed by atoms with Crippen molar-refractivity contribution in [1.82, 2.24) is 5.32 Å². The SMILES string of the molecule is Cc1ccc(NC(=O)C(NC(=O)c2cccs2)C(C)C)cc1[N+](=O)[O-]. The van der Waals surface area contributed by atoms with Crippen LogP contribution in [0, 0.1) is 23.0 Å². The quantitative estimate of drug-likeness (QED) is 0.608. The lowest BCUT2D eigenvalue weighted by Crippen LogP contribution is -2.46. The fraction of sp³-hybridized carbons (Fsp3) is 0.294. The maximum absolute atomic E-state index is 12.5. The summed E-state index contributed by atoms with van der Waals surface area (Å²) in [4.78, 5) is 35.8. The van der Waals surface area contributed by atoms with E-state index in [2.05, 4.69) is 10.6 Å². The van der Waals surface area contributed by atoms with Crippen molar-refractivity contribution in [1.29, 1.82) is 0 Å². The van der Waals surface area contributed by atoms with Gasteiger partial charge in [-0.1, -0.05) is 26.0 Å². The second-order valence-corrected chi connectivity index (χ2v) is 6.87. The minimum atomic E-state index is -0.755. The van der Waals surface area contributed by atoms with Crippen LogP contribution in [0.4, 0.5) is 11.4 Å². The smallest absolute Gasteiger partial charge is 0.274 e. The molecule has 1 unspecified atom stereocenters. The number of benzene rings is 1. The molecule has 25 heavy (non-hydrogen) atoms. The summed E-state index contributed by atoms with van der Waals surface area (Å²) in [5, 5.41) is 18.2. The Kier molecular flexibility index (Phi) is 5.87. The summed E-state index contributed by atoms with van der Waals surface area (Å²) < 4.78 is 0. The van der Waals surface area contributed by atoms with Gasteiger partial charge in [0.05, 0.1) is 9.80 Å². The molecule has 7 nitrogen and oxygen atoms in total. The summed E-state index contributed by atoms with van der Waals surface area (Å²) in [7, 11) is 0. The van der Waals surface area contributed by atoms with E-state index in [1.54, 1.807) is 36.6 Å². The summed E-state index contributed by atoms with van der Waals surface area (Å²) in [6, 6.07) is 7.16. The van der Waals surface area contributed by atoms with E-state index in [0.717, 1.165) is 0 Å². The number of carbonyl (C=O) groups is 2. The van der Waals surface area contributed by atoms with Crippen molar-refractivity contribution in [2.45, 2.75) is 26.8 Å². The highest BCUT2D eigenvalue weighted by Gasteiger charge is 2.25. The Morgan fingerprint density at radius 1 is 1.24 bits per heavy atom. The molecule has 0 aliphatic carbocycles. The van der Waals surface area contributed by atoms with Crippen molar-refractivity contribution in [3.05, 3.63) is 56.3 Å². The van der Waals surface area contributed by atoms with Crippen LogP contribution in [0.2, 0.25) is 0 Å². The van der Waals surface area contributed by atoms with Crippen LogP contribution in [-0.4, -0.2) is 22.8 Å². The van der Waals surface area contributed by atoms with Crippen molar-refractivity contribution in [3.8, 4) is 0 Å². The van der Waals surface area contributed by atoms with Gasteiger partial charge >= 0.3 is 0 Å². The maximum Gasteiger partial charge on any atom is 0.274 e. The van der Waals surface area contributed by atoms with Gasteiger partial charge in [0.25, 0.3) is 11.6 Å². The molecule has 1 heterocycles. The Hall–Kier alpha value is -2.74. The first-order chi connectivity index (χ1) is 11.8. The summed E-state index contributed by atoms with van der Waals surface area (Å²) in [6.45, 7) is 5.26. The van der Waals surface area contributed by atoms with E-state index in [4.69, 9.17) is 0 Å². The van der Waals surface area contributed by atoms with Crippen LogP contribution in [0.15, 0.2) is 35.7 Å². The zero-order valence-electron chi connectivity index (χ0n) is 14.1. The molecule has 2 N–H and O–H groups in total. The number of thiophene rings is 1. The zero-order chi connectivity index (χ0) is 18.6. The average Bonchev–Trinajstić information content (AvgIpc) is 3.08. The molecule has 2 rings (SSSR count). The number of rotatable bonds is 6. The van der Waals surface area contributed by atoms with E-state index < -0.39 is 16.9 Å². The molecule has 0 aliphatic rings. The molecule has 8 heteroatoms. The standard InChI is InChI=1S/C17H19N3O4S/c1-10(2)15(19-16(21)14-5-4-8-25-14)17(22)18-12-7-6-11(3)13(9-12)20(23)24/h4-10,15H,1-3H3,(H,18,22)(H,19,21). The van der Waals surface area contributed by atoms with Gasteiger partial charge in [0.2, 0.25) is 5.91 Å². The van der Waals surface area contributed by atoms with Crippen LogP contribution in [0.3, 0.4) is 0 Å². The first kappa shape index (κ1) is 18.6. The topological polar surface area (TPSA) is 101 Å². The Labute approximate surface area is 149 Å². The molecule has 2 aromatic rings. The maximum atomic E-state index is 12.5. The highest BCUT2D eigenvalue weighted by Crippen LogP contribution is 2.22. The molecule has 0 spiro atoms. The molecule has 1 atom stereocenters. The molecule has 0 fully saturated rings. The number of carbonyl (C=O) groups excluding carboxylic acids is 2. The van der Waals surface area contributed by atoms with E-state index >= 15 is 0 Å². The lowest BCUT2D eigenvalue weighted by Gasteiger charge is -2.21. The molecule has 2 amide bonds. The van der Waals surface area contributed by atoms with Crippen LogP contribution in [0.25, 0.3) is 0 Å². The number of nitrogens with zero attached hydrogens (tertiary/aromatic N) is 1. The first-order valence-electron chi connectivity index (χ1n) is 7.70. The highest BCUT2D eigenvalue weighted by atomic mass is 32.1. The van der Waals surface area contributed by atoms with Gasteiger partial charge in [-0.2, -0.15) is 0 Å². The predicted molar refractivity (Wildman–Crippen MR) is 96.9 cm³/mol. The molecule has 132 valence electrons. The average molecular weight is 361 g/mol. The van der Waals surface area contributed by atoms with Gasteiger partial charge in [-0.25, -0.2) is 0 Å². The number of hydrogen-bond donors (Lipinski definition) is 2. The normalized spacial score (nSPS) is 11.8. The van der Waals surface area contributed by atoms with Crippen LogP contribution >= 0.6 is 11.3 Å². The number of aryl methyl sites for hydroxylation is 1. The van der Waals surface area contributed by atoms with Gasteiger partial charge < -0.3 is 10.6 Å². The van der Waals surface area contributed by atoms with Gasteiger partial charge in [-0.05, 0) is 30.4 Å². The summed E-state index contributed by atoms with van der Waals surface area (Å²) >= 11 is 1.29. The lowest BCUT2D eigenvalue weighted by atomic mass is 10.0. The molecule has 1 aromatic carbocycles. The Bertz CT molecular complexity index is 787. The molecular weight excluding hydrogens is 342 g/mol. The fourth-order valence-electron chi connectivity index (χ4n) is 2.26. The van der Waals surface area contributed by atoms with Crippen LogP contribution in [0.1, 0.15) is 29.1 Å². The third-order valence-corrected chi connectivity index (χ3v) is 4.52. The molecule has 0 radical (unpaired) electrons. The molecule has 0 saturated carbocycles. The van der Waals surface area contributed by atoms with Gasteiger partial charge in [0.15, 0.2) is 0 Å². The Morgan fingerprint density at radius 2 is 1.96 bits per heavy atom. The Balaban J connectivity index is 2.14. The number of amides is 2. The van der Waals surface area contributed by atoms with Gasteiger partial charge in [-0.3, -0.25) is 19.7 Å². The summed E-state index contributed by atoms with van der Waals surface area (Å²) in [5.41, 5.74) is 0.759. The first-order valence-corrected chi connectivity index (χ1v) is 8.58. The molecular formula is C17H19N3O4S. The second kappa shape index (κ2) is 7.89. The molecule has 1 aromatic heterocycles. The highest BCUT2D eigenvalue weighted by molar-refractivity contribution is 7.12. The van der Waals surface area contributed by atoms with Crippen molar-refractivity contribution in [2.75, 3.05) is 5.32 Å². The predicted octanol–water partition coefficient (Wildman–Crippen LogP) is 3.36. The second-order valence-electron chi connectivity index (χ2n) is 5.92. The Morgan fingerprint density at radius 3 is 2.52 bits per heavy atom. The largest absolute Gasteiger partial charge is 0.339 e. The van der Waals surface area contributed by atoms with Gasteiger partial charge in [0.1, 0.15) is 6.04 Å². The molecule has 0 bridgehead atoms. The monoisotopic (exact) mass is 361 g/mol. The van der Waals surface area contributed by atoms with Crippen LogP contribution in [0.5, 0.6) is 0 Å². The van der Waals surface area contributed by atoms with Crippen molar-refractivity contribution in [3.63, 3.8) is 0 Å². The van der Waals surface area contributed by atoms with E-state index in [1.165, 1.54) is 17.4 Å². The molecule has 0 aliphatic heterocycles. The third-order valence-electron chi connectivity index (χ3n) is 3.65. The third kappa shape index (κ3) is 4.63. The van der Waals surface area contributed by atoms with Crippen molar-refractivity contribution >= 4 is 34.5 Å². The van der Waals surface area contributed by atoms with E-state index in [-0.39, 0.29) is 17.5 Å². The minimum absolute atomic E-state index is 0.0680. The number of nitrogens with one attached hydrogen (secondary N) is 2. The molecule has 0 saturated heterocycles. The van der Waals surface area contributed by atoms with Crippen molar-refractivity contribution < 1.29 is 14.5 Å². The van der Waals surface area contributed by atoms with E-state index in [9.17, 15) is 19.7 Å². The fourth-order valence-corrected chi connectivity index (χ4v) is 2.89. The summed E-state index contributed by atoms with van der Waals surface area (Å²) in [6.07, 6.45) is 0. The lowest BCUT2D eigenvalue weighted by molar-refractivity contribution is -0.385. The zero-order valence-corrected chi connectivity index (χ0v) is 14.9. The van der Waals surface area contributed by atoms with Gasteiger partial charge in [0, 0.05) is 17.3 Å². The van der Waals surface area contributed by atoms with E-state index in [0.29, 0.717) is 16.1 Å². The van der Waals surface area contributed by atoms with Crippen LogP contribution < -0.4 is 10.6 Å². The minimum Gasteiger partial charge on any atom is -0.339 e. The number of anilines is 1. The number of nitro benzene ring substituents is 1. The van der Waals surface area contributed by atoms with E-state index in [1.807, 2.05) is 13.8 Å². The number of hydrogen-bond acceptors (Lipinski definition) is 5. The number of nitro groups is 1. The summed E-state index contributed by atoms with van der Waals surface area (Å²) in [5.74, 6) is -0.888. The van der Waals surface area contributed by atoms with Crippen molar-refractivity contribution in [2.24, 2.45) is 5.92 Å².